The molecule has 3 aromatic heterocycles. The molecule has 0 unspecified atom stereocenters. The summed E-state index contributed by atoms with van der Waals surface area (Å²) in [4.78, 5) is 8.49. The summed E-state index contributed by atoms with van der Waals surface area (Å²) in [6.07, 6.45) is 1.34. The Hall–Kier alpha value is -3.07. The normalized spacial score (nSPS) is 24.8. The maximum absolute atomic E-state index is 10.6. The molecular weight excluding hydrogens is 358 g/mol. The molecular formula is C20H19N5O3. The van der Waals surface area contributed by atoms with E-state index in [1.807, 2.05) is 49.5 Å². The van der Waals surface area contributed by atoms with Crippen LogP contribution in [0.15, 0.2) is 61.2 Å². The second-order valence-electron chi connectivity index (χ2n) is 6.87. The Morgan fingerprint density at radius 3 is 2.61 bits per heavy atom. The van der Waals surface area contributed by atoms with Crippen molar-refractivity contribution in [2.45, 2.75) is 31.5 Å². The molecule has 5 rings (SSSR count). The Morgan fingerprint density at radius 2 is 1.79 bits per heavy atom. The van der Waals surface area contributed by atoms with Crippen molar-refractivity contribution in [3.8, 4) is 5.69 Å². The van der Waals surface area contributed by atoms with Crippen LogP contribution in [0.3, 0.4) is 0 Å². The first-order valence-electron chi connectivity index (χ1n) is 9.04. The van der Waals surface area contributed by atoms with Crippen LogP contribution in [0.2, 0.25) is 0 Å². The van der Waals surface area contributed by atoms with Gasteiger partial charge in [0.1, 0.15) is 30.3 Å². The number of aliphatic hydroxyl groups is 2. The van der Waals surface area contributed by atoms with Crippen LogP contribution in [0.5, 0.6) is 0 Å². The molecule has 2 N–H and O–H groups in total. The average Bonchev–Trinajstić information content (AvgIpc) is 3.42. The molecule has 8 heteroatoms. The molecule has 0 radical (unpaired) electrons. The zero-order valence-corrected chi connectivity index (χ0v) is 15.1. The quantitative estimate of drug-likeness (QED) is 0.566. The summed E-state index contributed by atoms with van der Waals surface area (Å²) >= 11 is 0. The molecule has 0 aliphatic carbocycles. The van der Waals surface area contributed by atoms with Gasteiger partial charge < -0.3 is 19.5 Å². The van der Waals surface area contributed by atoms with E-state index in [0.717, 1.165) is 16.8 Å². The molecule has 4 aromatic rings. The van der Waals surface area contributed by atoms with E-state index in [1.54, 1.807) is 21.5 Å². The third-order valence-corrected chi connectivity index (χ3v) is 5.14. The van der Waals surface area contributed by atoms with Crippen molar-refractivity contribution in [3.63, 3.8) is 0 Å². The van der Waals surface area contributed by atoms with Crippen molar-refractivity contribution in [3.05, 3.63) is 72.6 Å². The minimum atomic E-state index is -1.11. The number of aliphatic hydroxyl groups excluding tert-OH is 2. The summed E-state index contributed by atoms with van der Waals surface area (Å²) in [6, 6.07) is 13.3. The van der Waals surface area contributed by atoms with Gasteiger partial charge >= 0.3 is 0 Å². The van der Waals surface area contributed by atoms with Crippen LogP contribution in [-0.2, 0) is 4.74 Å². The van der Waals surface area contributed by atoms with Gasteiger partial charge in [-0.15, -0.1) is 0 Å². The maximum Gasteiger partial charge on any atom is 0.164 e. The summed E-state index contributed by atoms with van der Waals surface area (Å²) in [5.41, 5.74) is 2.95. The highest BCUT2D eigenvalue weighted by Crippen LogP contribution is 2.39. The van der Waals surface area contributed by atoms with Crippen molar-refractivity contribution in [1.82, 2.24) is 24.3 Å². The highest BCUT2D eigenvalue weighted by molar-refractivity contribution is 5.78. The van der Waals surface area contributed by atoms with E-state index in [1.165, 1.54) is 6.33 Å². The predicted octanol–water partition coefficient (Wildman–Crippen LogP) is 1.92. The fraction of sp³-hybridized carbons (Fsp3) is 0.250. The lowest BCUT2D eigenvalue weighted by Crippen LogP contribution is -2.29. The molecule has 1 aromatic carbocycles. The molecule has 4 atom stereocenters. The summed E-state index contributed by atoms with van der Waals surface area (Å²) in [6.45, 7) is 1.90. The van der Waals surface area contributed by atoms with Crippen LogP contribution in [0.4, 0.5) is 0 Å². The van der Waals surface area contributed by atoms with Gasteiger partial charge in [0.15, 0.2) is 6.23 Å². The first-order chi connectivity index (χ1) is 13.6. The van der Waals surface area contributed by atoms with Crippen LogP contribution in [0, 0.1) is 6.92 Å². The Kier molecular flexibility index (Phi) is 3.97. The number of aromatic nitrogens is 5. The Bertz CT molecular complexity index is 1120. The third-order valence-electron chi connectivity index (χ3n) is 5.14. The lowest BCUT2D eigenvalue weighted by Gasteiger charge is -2.17. The number of fused-ring (bicyclic) bond motifs is 1. The molecule has 1 fully saturated rings. The number of hydrogen-bond donors (Lipinski definition) is 2. The van der Waals surface area contributed by atoms with E-state index in [2.05, 4.69) is 15.1 Å². The van der Waals surface area contributed by atoms with Gasteiger partial charge in [0, 0.05) is 17.8 Å². The zero-order chi connectivity index (χ0) is 19.3. The summed E-state index contributed by atoms with van der Waals surface area (Å²) in [5, 5.41) is 26.7. The molecule has 1 aliphatic heterocycles. The van der Waals surface area contributed by atoms with E-state index in [9.17, 15) is 10.2 Å². The SMILES string of the molecule is Cc1ncnc2c1ccn2[C@@H]1O[C@@H](c2ccn(-c3ccccc3)n2)[C@@H](O)[C@H]1O. The first kappa shape index (κ1) is 17.1. The average molecular weight is 377 g/mol. The molecule has 0 amide bonds. The molecule has 0 bridgehead atoms. The standard InChI is InChI=1S/C20H19N5O3/c1-12-14-7-9-24(19(14)22-11-21-12)20-17(27)16(26)18(28-20)15-8-10-25(23-15)13-5-3-2-4-6-13/h2-11,16-18,20,26-27H,1H3/t16-,17+,18-,20+/m0/s1. The minimum absolute atomic E-state index is 0.556. The minimum Gasteiger partial charge on any atom is -0.387 e. The molecule has 4 heterocycles. The third kappa shape index (κ3) is 2.62. The fourth-order valence-electron chi connectivity index (χ4n) is 3.65. The molecule has 0 spiro atoms. The van der Waals surface area contributed by atoms with Gasteiger partial charge in [0.2, 0.25) is 0 Å². The van der Waals surface area contributed by atoms with Crippen molar-refractivity contribution in [2.24, 2.45) is 0 Å². The molecule has 142 valence electrons. The highest BCUT2D eigenvalue weighted by atomic mass is 16.6. The van der Waals surface area contributed by atoms with Crippen LogP contribution >= 0.6 is 0 Å². The zero-order valence-electron chi connectivity index (χ0n) is 15.1. The number of benzene rings is 1. The van der Waals surface area contributed by atoms with E-state index >= 15 is 0 Å². The second-order valence-corrected chi connectivity index (χ2v) is 6.87. The van der Waals surface area contributed by atoms with Gasteiger partial charge in [-0.2, -0.15) is 5.10 Å². The van der Waals surface area contributed by atoms with Crippen molar-refractivity contribution in [2.75, 3.05) is 0 Å². The van der Waals surface area contributed by atoms with E-state index < -0.39 is 24.5 Å². The van der Waals surface area contributed by atoms with Crippen molar-refractivity contribution < 1.29 is 14.9 Å². The van der Waals surface area contributed by atoms with Gasteiger partial charge in [-0.3, -0.25) is 0 Å². The van der Waals surface area contributed by atoms with Crippen molar-refractivity contribution in [1.29, 1.82) is 0 Å². The highest BCUT2D eigenvalue weighted by Gasteiger charge is 2.45. The molecule has 1 aliphatic rings. The molecule has 1 saturated heterocycles. The number of ether oxygens (including phenoxy) is 1. The smallest absolute Gasteiger partial charge is 0.164 e. The largest absolute Gasteiger partial charge is 0.387 e. The molecule has 28 heavy (non-hydrogen) atoms. The number of nitrogens with zero attached hydrogens (tertiary/aromatic N) is 5. The van der Waals surface area contributed by atoms with E-state index in [-0.39, 0.29) is 0 Å². The summed E-state index contributed by atoms with van der Waals surface area (Å²) in [5.74, 6) is 0. The summed E-state index contributed by atoms with van der Waals surface area (Å²) in [7, 11) is 0. The Labute approximate surface area is 160 Å². The lowest BCUT2D eigenvalue weighted by molar-refractivity contribution is -0.0368. The van der Waals surface area contributed by atoms with Crippen LogP contribution in [0.25, 0.3) is 16.7 Å². The van der Waals surface area contributed by atoms with Gasteiger partial charge in [0.05, 0.1) is 17.1 Å². The Morgan fingerprint density at radius 1 is 0.964 bits per heavy atom. The Balaban J connectivity index is 1.47. The van der Waals surface area contributed by atoms with Gasteiger partial charge in [-0.25, -0.2) is 14.6 Å². The van der Waals surface area contributed by atoms with E-state index in [4.69, 9.17) is 4.74 Å². The van der Waals surface area contributed by atoms with Gasteiger partial charge in [-0.05, 0) is 31.2 Å². The topological polar surface area (TPSA) is 98.2 Å². The number of rotatable bonds is 3. The predicted molar refractivity (Wildman–Crippen MR) is 101 cm³/mol. The number of aryl methyl sites for hydroxylation is 1. The van der Waals surface area contributed by atoms with Crippen molar-refractivity contribution >= 4 is 11.0 Å². The molecule has 8 nitrogen and oxygen atoms in total. The molecule has 0 saturated carbocycles. The van der Waals surface area contributed by atoms with Gasteiger partial charge in [-0.1, -0.05) is 18.2 Å². The number of para-hydroxylation sites is 1. The van der Waals surface area contributed by atoms with Crippen LogP contribution < -0.4 is 0 Å². The number of hydrogen-bond acceptors (Lipinski definition) is 6. The summed E-state index contributed by atoms with van der Waals surface area (Å²) < 4.78 is 9.48. The second kappa shape index (κ2) is 6.52. The van der Waals surface area contributed by atoms with Gasteiger partial charge in [0.25, 0.3) is 0 Å². The monoisotopic (exact) mass is 377 g/mol. The maximum atomic E-state index is 10.6. The fourth-order valence-corrected chi connectivity index (χ4v) is 3.65. The van der Waals surface area contributed by atoms with E-state index in [0.29, 0.717) is 11.3 Å². The first-order valence-corrected chi connectivity index (χ1v) is 9.04. The lowest BCUT2D eigenvalue weighted by atomic mass is 10.1. The van der Waals surface area contributed by atoms with Crippen LogP contribution in [0.1, 0.15) is 23.7 Å². The van der Waals surface area contributed by atoms with Crippen LogP contribution in [-0.4, -0.2) is 46.7 Å².